The molecule has 0 saturated carbocycles. The molecule has 1 aliphatic rings. The van der Waals surface area contributed by atoms with Crippen molar-refractivity contribution in [2.45, 2.75) is 13.8 Å². The Morgan fingerprint density at radius 2 is 1.58 bits per heavy atom. The van der Waals surface area contributed by atoms with E-state index in [0.29, 0.717) is 22.7 Å². The molecular weight excluding hydrogens is 422 g/mol. The molecule has 166 valence electrons. The number of carbonyl (C=O) groups is 2. The summed E-state index contributed by atoms with van der Waals surface area (Å²) in [4.78, 5) is 38.7. The van der Waals surface area contributed by atoms with Crippen molar-refractivity contribution in [3.05, 3.63) is 99.2 Å². The number of imide groups is 1. The lowest BCUT2D eigenvalue weighted by atomic mass is 10.0. The number of nitro groups is 1. The second kappa shape index (κ2) is 8.58. The van der Waals surface area contributed by atoms with Crippen LogP contribution in [0.1, 0.15) is 16.7 Å². The Labute approximate surface area is 190 Å². The molecule has 0 unspecified atom stereocenters. The highest BCUT2D eigenvalue weighted by Crippen LogP contribution is 2.35. The van der Waals surface area contributed by atoms with Crippen LogP contribution in [0.4, 0.5) is 17.1 Å². The smallest absolute Gasteiger partial charge is 0.282 e. The fraction of sp³-hybridized carbons (Fsp3) is 0.120. The van der Waals surface area contributed by atoms with Crippen LogP contribution in [0, 0.1) is 24.0 Å². The Bertz CT molecular complexity index is 1290. The number of aryl methyl sites for hydroxylation is 2. The molecule has 3 aromatic carbocycles. The van der Waals surface area contributed by atoms with Crippen molar-refractivity contribution in [2.24, 2.45) is 0 Å². The van der Waals surface area contributed by atoms with E-state index in [1.54, 1.807) is 36.4 Å². The predicted molar refractivity (Wildman–Crippen MR) is 125 cm³/mol. The number of amides is 2. The van der Waals surface area contributed by atoms with Crippen molar-refractivity contribution < 1.29 is 19.2 Å². The molecule has 2 amide bonds. The summed E-state index contributed by atoms with van der Waals surface area (Å²) in [6.45, 7) is 3.78. The zero-order valence-electron chi connectivity index (χ0n) is 18.3. The number of carbonyl (C=O) groups excluding carboxylic acids is 2. The summed E-state index contributed by atoms with van der Waals surface area (Å²) in [6, 6.07) is 18.0. The summed E-state index contributed by atoms with van der Waals surface area (Å²) in [7, 11) is 1.53. The maximum absolute atomic E-state index is 13.5. The maximum atomic E-state index is 13.5. The number of hydrogen-bond acceptors (Lipinski definition) is 6. The van der Waals surface area contributed by atoms with Gasteiger partial charge in [0.15, 0.2) is 0 Å². The van der Waals surface area contributed by atoms with Crippen LogP contribution in [0.3, 0.4) is 0 Å². The minimum absolute atomic E-state index is 0.0845. The molecule has 0 radical (unpaired) electrons. The van der Waals surface area contributed by atoms with Crippen LogP contribution in [0.25, 0.3) is 5.57 Å². The highest BCUT2D eigenvalue weighted by Gasteiger charge is 2.40. The van der Waals surface area contributed by atoms with Crippen LogP contribution in [0.5, 0.6) is 5.75 Å². The Kier molecular flexibility index (Phi) is 5.66. The Morgan fingerprint density at radius 3 is 2.18 bits per heavy atom. The van der Waals surface area contributed by atoms with Gasteiger partial charge in [-0.25, -0.2) is 4.90 Å². The van der Waals surface area contributed by atoms with Crippen molar-refractivity contribution in [1.29, 1.82) is 0 Å². The van der Waals surface area contributed by atoms with Crippen LogP contribution >= 0.6 is 0 Å². The molecule has 0 saturated heterocycles. The van der Waals surface area contributed by atoms with Gasteiger partial charge in [-0.3, -0.25) is 19.7 Å². The molecule has 4 rings (SSSR count). The Morgan fingerprint density at radius 1 is 0.909 bits per heavy atom. The number of nitro benzene ring substituents is 1. The number of benzene rings is 3. The zero-order chi connectivity index (χ0) is 23.7. The third kappa shape index (κ3) is 4.18. The van der Waals surface area contributed by atoms with Crippen molar-refractivity contribution in [1.82, 2.24) is 0 Å². The van der Waals surface area contributed by atoms with E-state index >= 15 is 0 Å². The van der Waals surface area contributed by atoms with Crippen LogP contribution in [0.15, 0.2) is 72.4 Å². The first-order valence-corrected chi connectivity index (χ1v) is 10.2. The molecule has 0 aromatic heterocycles. The normalized spacial score (nSPS) is 13.5. The van der Waals surface area contributed by atoms with Gasteiger partial charge < -0.3 is 10.1 Å². The molecule has 0 atom stereocenters. The molecule has 0 bridgehead atoms. The highest BCUT2D eigenvalue weighted by atomic mass is 16.6. The second-order valence-corrected chi connectivity index (χ2v) is 7.70. The van der Waals surface area contributed by atoms with Gasteiger partial charge in [0.1, 0.15) is 11.4 Å². The summed E-state index contributed by atoms with van der Waals surface area (Å²) < 4.78 is 5.25. The summed E-state index contributed by atoms with van der Waals surface area (Å²) in [5.41, 5.74) is 3.36. The van der Waals surface area contributed by atoms with Crippen molar-refractivity contribution in [3.8, 4) is 5.75 Å². The van der Waals surface area contributed by atoms with E-state index in [0.717, 1.165) is 16.0 Å². The number of anilines is 2. The molecule has 8 heteroatoms. The van der Waals surface area contributed by atoms with E-state index in [-0.39, 0.29) is 17.0 Å². The third-order valence-corrected chi connectivity index (χ3v) is 5.25. The fourth-order valence-corrected chi connectivity index (χ4v) is 3.82. The molecule has 8 nitrogen and oxygen atoms in total. The first kappa shape index (κ1) is 21.8. The van der Waals surface area contributed by atoms with Gasteiger partial charge in [0.05, 0.1) is 23.3 Å². The lowest BCUT2D eigenvalue weighted by Gasteiger charge is -2.17. The van der Waals surface area contributed by atoms with Gasteiger partial charge in [0.2, 0.25) is 0 Å². The van der Waals surface area contributed by atoms with Gasteiger partial charge in [0.25, 0.3) is 17.5 Å². The first-order chi connectivity index (χ1) is 15.8. The highest BCUT2D eigenvalue weighted by molar-refractivity contribution is 6.46. The van der Waals surface area contributed by atoms with Gasteiger partial charge in [-0.2, -0.15) is 0 Å². The van der Waals surface area contributed by atoms with E-state index in [1.807, 2.05) is 19.9 Å². The summed E-state index contributed by atoms with van der Waals surface area (Å²) >= 11 is 0. The van der Waals surface area contributed by atoms with Crippen molar-refractivity contribution in [3.63, 3.8) is 0 Å². The number of rotatable bonds is 6. The molecule has 3 aromatic rings. The lowest BCUT2D eigenvalue weighted by Crippen LogP contribution is -2.32. The lowest BCUT2D eigenvalue weighted by molar-refractivity contribution is -0.384. The van der Waals surface area contributed by atoms with Crippen LogP contribution in [0.2, 0.25) is 0 Å². The van der Waals surface area contributed by atoms with Crippen LogP contribution < -0.4 is 15.0 Å². The van der Waals surface area contributed by atoms with Gasteiger partial charge in [-0.1, -0.05) is 12.1 Å². The summed E-state index contributed by atoms with van der Waals surface area (Å²) in [5.74, 6) is -0.439. The number of methoxy groups -OCH3 is 1. The SMILES string of the molecule is COc1cccc(NC2=C(c3ccc([N+](=O)[O-])cc3)C(=O)N(c3cc(C)cc(C)c3)C2=O)c1. The largest absolute Gasteiger partial charge is 0.497 e. The van der Waals surface area contributed by atoms with Crippen LogP contribution in [-0.4, -0.2) is 23.8 Å². The predicted octanol–water partition coefficient (Wildman–Crippen LogP) is 4.62. The molecule has 33 heavy (non-hydrogen) atoms. The average Bonchev–Trinajstić information content (AvgIpc) is 3.02. The van der Waals surface area contributed by atoms with Gasteiger partial charge >= 0.3 is 0 Å². The van der Waals surface area contributed by atoms with E-state index in [4.69, 9.17) is 4.74 Å². The third-order valence-electron chi connectivity index (χ3n) is 5.25. The molecule has 1 N–H and O–H groups in total. The average molecular weight is 443 g/mol. The van der Waals surface area contributed by atoms with E-state index < -0.39 is 16.7 Å². The fourth-order valence-electron chi connectivity index (χ4n) is 3.82. The second-order valence-electron chi connectivity index (χ2n) is 7.70. The quantitative estimate of drug-likeness (QED) is 0.339. The molecule has 0 spiro atoms. The Hall–Kier alpha value is -4.46. The molecule has 1 heterocycles. The van der Waals surface area contributed by atoms with Crippen LogP contribution in [-0.2, 0) is 9.59 Å². The molecule has 0 aliphatic carbocycles. The standard InChI is InChI=1S/C25H21N3O5/c1-15-11-16(2)13-20(12-15)27-24(29)22(17-7-9-19(10-8-17)28(31)32)23(25(27)30)26-18-5-4-6-21(14-18)33-3/h4-14,26H,1-3H3. The maximum Gasteiger partial charge on any atom is 0.282 e. The molecule has 1 aliphatic heterocycles. The minimum atomic E-state index is -0.517. The molecular formula is C25H21N3O5. The van der Waals surface area contributed by atoms with E-state index in [9.17, 15) is 19.7 Å². The topological polar surface area (TPSA) is 102 Å². The number of hydrogen-bond donors (Lipinski definition) is 1. The van der Waals surface area contributed by atoms with Gasteiger partial charge in [0, 0.05) is 23.9 Å². The zero-order valence-corrected chi connectivity index (χ0v) is 18.3. The number of ether oxygens (including phenoxy) is 1. The Balaban J connectivity index is 1.83. The number of non-ortho nitro benzene ring substituents is 1. The van der Waals surface area contributed by atoms with Gasteiger partial charge in [-0.15, -0.1) is 0 Å². The van der Waals surface area contributed by atoms with Crippen molar-refractivity contribution >= 4 is 34.4 Å². The number of nitrogens with one attached hydrogen (secondary N) is 1. The molecule has 0 fully saturated rings. The minimum Gasteiger partial charge on any atom is -0.497 e. The van der Waals surface area contributed by atoms with E-state index in [2.05, 4.69) is 5.32 Å². The summed E-state index contributed by atoms with van der Waals surface area (Å²) in [6.07, 6.45) is 0. The van der Waals surface area contributed by atoms with E-state index in [1.165, 1.54) is 31.4 Å². The number of nitrogens with zero attached hydrogens (tertiary/aromatic N) is 2. The van der Waals surface area contributed by atoms with Crippen molar-refractivity contribution in [2.75, 3.05) is 17.3 Å². The monoisotopic (exact) mass is 443 g/mol. The van der Waals surface area contributed by atoms with Gasteiger partial charge in [-0.05, 0) is 66.9 Å². The first-order valence-electron chi connectivity index (χ1n) is 10.2. The summed E-state index contributed by atoms with van der Waals surface area (Å²) in [5, 5.41) is 14.1.